The second-order valence-corrected chi connectivity index (χ2v) is 4.14. The summed E-state index contributed by atoms with van der Waals surface area (Å²) in [7, 11) is 0. The van der Waals surface area contributed by atoms with E-state index >= 15 is 0 Å². The number of allylic oxidation sites excluding steroid dienone is 1. The molecule has 0 aliphatic heterocycles. The number of hydrogen-bond donors (Lipinski definition) is 0. The Kier molecular flexibility index (Phi) is 4.15. The van der Waals surface area contributed by atoms with Gasteiger partial charge >= 0.3 is 0 Å². The van der Waals surface area contributed by atoms with Crippen LogP contribution in [-0.4, -0.2) is 0 Å². The van der Waals surface area contributed by atoms with Crippen LogP contribution in [0.5, 0.6) is 0 Å². The zero-order chi connectivity index (χ0) is 11.9. The topological polar surface area (TPSA) is 0 Å². The molecule has 0 aliphatic rings. The lowest BCUT2D eigenvalue weighted by atomic mass is 10.0. The number of aryl methyl sites for hydroxylation is 1. The Hall–Kier alpha value is -1.82. The van der Waals surface area contributed by atoms with Gasteiger partial charge in [0.1, 0.15) is 0 Å². The second-order valence-electron chi connectivity index (χ2n) is 4.14. The molecule has 0 aliphatic carbocycles. The van der Waals surface area contributed by atoms with E-state index in [4.69, 9.17) is 0 Å². The molecule has 17 heavy (non-hydrogen) atoms. The third kappa shape index (κ3) is 3.32. The van der Waals surface area contributed by atoms with Gasteiger partial charge in [0.05, 0.1) is 0 Å². The molecule has 0 fully saturated rings. The van der Waals surface area contributed by atoms with E-state index in [0.717, 1.165) is 12.8 Å². The third-order valence-corrected chi connectivity index (χ3v) is 2.95. The molecule has 0 N–H and O–H groups in total. The molecule has 2 rings (SSSR count). The highest BCUT2D eigenvalue weighted by atomic mass is 14.0. The minimum Gasteiger partial charge on any atom is -0.0795 e. The minimum atomic E-state index is 1.01. The smallest absolute Gasteiger partial charge is 0.00914 e. The summed E-state index contributed by atoms with van der Waals surface area (Å²) in [4.78, 5) is 0. The normalized spacial score (nSPS) is 10.9. The van der Waals surface area contributed by atoms with Crippen molar-refractivity contribution in [3.8, 4) is 0 Å². The monoisotopic (exact) mass is 222 g/mol. The first-order valence-electron chi connectivity index (χ1n) is 6.18. The molecule has 86 valence electrons. The van der Waals surface area contributed by atoms with Gasteiger partial charge < -0.3 is 0 Å². The molecule has 0 aromatic heterocycles. The van der Waals surface area contributed by atoms with Crippen LogP contribution in [0, 0.1) is 0 Å². The van der Waals surface area contributed by atoms with Gasteiger partial charge in [-0.25, -0.2) is 0 Å². The summed E-state index contributed by atoms with van der Waals surface area (Å²) in [6.45, 7) is 2.21. The molecule has 2 aromatic carbocycles. The first-order chi connectivity index (χ1) is 8.40. The van der Waals surface area contributed by atoms with Crippen molar-refractivity contribution in [1.29, 1.82) is 0 Å². The second kappa shape index (κ2) is 6.05. The van der Waals surface area contributed by atoms with Crippen molar-refractivity contribution >= 4 is 6.08 Å². The van der Waals surface area contributed by atoms with Crippen LogP contribution in [0.15, 0.2) is 60.7 Å². The van der Waals surface area contributed by atoms with E-state index in [1.807, 2.05) is 6.07 Å². The maximum Gasteiger partial charge on any atom is -0.00914 e. The van der Waals surface area contributed by atoms with Crippen molar-refractivity contribution in [1.82, 2.24) is 0 Å². The fourth-order valence-corrected chi connectivity index (χ4v) is 1.99. The van der Waals surface area contributed by atoms with Crippen LogP contribution in [0.3, 0.4) is 0 Å². The lowest BCUT2D eigenvalue weighted by Crippen LogP contribution is -1.89. The molecule has 0 atom stereocenters. The van der Waals surface area contributed by atoms with Gasteiger partial charge in [-0.05, 0) is 29.5 Å². The van der Waals surface area contributed by atoms with Crippen LogP contribution in [0.2, 0.25) is 0 Å². The standard InChI is InChI=1S/C17H18/c1-2-16-12-6-7-13-17(16)14-8-11-15-9-4-3-5-10-15/h3-13H,2,14H2,1H3/b11-8+. The van der Waals surface area contributed by atoms with E-state index in [9.17, 15) is 0 Å². The number of benzene rings is 2. The van der Waals surface area contributed by atoms with Gasteiger partial charge in [0.15, 0.2) is 0 Å². The summed E-state index contributed by atoms with van der Waals surface area (Å²) in [5.74, 6) is 0. The highest BCUT2D eigenvalue weighted by molar-refractivity contribution is 5.49. The van der Waals surface area contributed by atoms with E-state index in [2.05, 4.69) is 67.6 Å². The molecule has 0 heterocycles. The molecule has 0 amide bonds. The number of rotatable bonds is 4. The van der Waals surface area contributed by atoms with Crippen molar-refractivity contribution in [2.24, 2.45) is 0 Å². The first-order valence-corrected chi connectivity index (χ1v) is 6.18. The summed E-state index contributed by atoms with van der Waals surface area (Å²) in [5.41, 5.74) is 4.15. The van der Waals surface area contributed by atoms with Crippen molar-refractivity contribution in [3.05, 3.63) is 77.4 Å². The fourth-order valence-electron chi connectivity index (χ4n) is 1.99. The molecule has 0 spiro atoms. The minimum absolute atomic E-state index is 1.01. The first kappa shape index (κ1) is 11.7. The van der Waals surface area contributed by atoms with Crippen LogP contribution in [0.4, 0.5) is 0 Å². The average molecular weight is 222 g/mol. The van der Waals surface area contributed by atoms with E-state index in [-0.39, 0.29) is 0 Å². The van der Waals surface area contributed by atoms with E-state index in [1.165, 1.54) is 16.7 Å². The molecular weight excluding hydrogens is 204 g/mol. The Morgan fingerprint density at radius 3 is 2.18 bits per heavy atom. The molecule has 0 saturated heterocycles. The molecule has 2 aromatic rings. The summed E-state index contributed by atoms with van der Waals surface area (Å²) >= 11 is 0. The largest absolute Gasteiger partial charge is 0.0795 e. The lowest BCUT2D eigenvalue weighted by molar-refractivity contribution is 1.08. The Morgan fingerprint density at radius 1 is 0.824 bits per heavy atom. The summed E-state index contributed by atoms with van der Waals surface area (Å²) in [6, 6.07) is 19.1. The average Bonchev–Trinajstić information content (AvgIpc) is 2.40. The van der Waals surface area contributed by atoms with Crippen LogP contribution < -0.4 is 0 Å². The van der Waals surface area contributed by atoms with Crippen molar-refractivity contribution in [2.75, 3.05) is 0 Å². The van der Waals surface area contributed by atoms with Crippen LogP contribution >= 0.6 is 0 Å². The Morgan fingerprint density at radius 2 is 1.47 bits per heavy atom. The van der Waals surface area contributed by atoms with Gasteiger partial charge in [-0.15, -0.1) is 0 Å². The molecule has 0 unspecified atom stereocenters. The van der Waals surface area contributed by atoms with Crippen LogP contribution in [0.25, 0.3) is 6.08 Å². The van der Waals surface area contributed by atoms with Crippen LogP contribution in [0.1, 0.15) is 23.6 Å². The number of hydrogen-bond acceptors (Lipinski definition) is 0. The van der Waals surface area contributed by atoms with Gasteiger partial charge in [0.25, 0.3) is 0 Å². The zero-order valence-electron chi connectivity index (χ0n) is 10.3. The summed E-state index contributed by atoms with van der Waals surface area (Å²) < 4.78 is 0. The summed E-state index contributed by atoms with van der Waals surface area (Å²) in [6.07, 6.45) is 6.55. The van der Waals surface area contributed by atoms with E-state index in [0.29, 0.717) is 0 Å². The maximum atomic E-state index is 2.24. The lowest BCUT2D eigenvalue weighted by Gasteiger charge is -2.04. The molecule has 0 heteroatoms. The molecule has 0 nitrogen and oxygen atoms in total. The van der Waals surface area contributed by atoms with Gasteiger partial charge in [0, 0.05) is 0 Å². The van der Waals surface area contributed by atoms with Gasteiger partial charge in [-0.3, -0.25) is 0 Å². The quantitative estimate of drug-likeness (QED) is 0.714. The van der Waals surface area contributed by atoms with Gasteiger partial charge in [0.2, 0.25) is 0 Å². The SMILES string of the molecule is CCc1ccccc1C/C=C/c1ccccc1. The Bertz CT molecular complexity index is 480. The zero-order valence-corrected chi connectivity index (χ0v) is 10.3. The van der Waals surface area contributed by atoms with E-state index in [1.54, 1.807) is 0 Å². The van der Waals surface area contributed by atoms with Crippen molar-refractivity contribution in [3.63, 3.8) is 0 Å². The van der Waals surface area contributed by atoms with Crippen molar-refractivity contribution in [2.45, 2.75) is 19.8 Å². The highest BCUT2D eigenvalue weighted by Gasteiger charge is 1.96. The van der Waals surface area contributed by atoms with Crippen LogP contribution in [-0.2, 0) is 12.8 Å². The third-order valence-electron chi connectivity index (χ3n) is 2.95. The summed E-state index contributed by atoms with van der Waals surface area (Å²) in [5, 5.41) is 0. The molecule has 0 bridgehead atoms. The molecule has 0 radical (unpaired) electrons. The van der Waals surface area contributed by atoms with E-state index < -0.39 is 0 Å². The predicted molar refractivity (Wildman–Crippen MR) is 75.0 cm³/mol. The highest BCUT2D eigenvalue weighted by Crippen LogP contribution is 2.11. The molecule has 0 saturated carbocycles. The Balaban J connectivity index is 2.05. The van der Waals surface area contributed by atoms with Gasteiger partial charge in [-0.1, -0.05) is 73.7 Å². The Labute approximate surface area is 104 Å². The van der Waals surface area contributed by atoms with Crippen molar-refractivity contribution < 1.29 is 0 Å². The van der Waals surface area contributed by atoms with Gasteiger partial charge in [-0.2, -0.15) is 0 Å². The predicted octanol–water partition coefficient (Wildman–Crippen LogP) is 4.50. The molecular formula is C17H18. The maximum absolute atomic E-state index is 2.24. The fraction of sp³-hybridized carbons (Fsp3) is 0.176.